The van der Waals surface area contributed by atoms with Crippen LogP contribution < -0.4 is 5.32 Å². The first-order chi connectivity index (χ1) is 7.68. The summed E-state index contributed by atoms with van der Waals surface area (Å²) in [5.41, 5.74) is 2.71. The Labute approximate surface area is 94.0 Å². The summed E-state index contributed by atoms with van der Waals surface area (Å²) in [6, 6.07) is 3.70. The Balaban J connectivity index is 2.47. The molecule has 2 heterocycles. The highest BCUT2D eigenvalue weighted by molar-refractivity contribution is 5.92. The molecule has 0 bridgehead atoms. The number of aromatic carboxylic acids is 1. The fraction of sp³-hybridized carbons (Fsp3) is 0.333. The molecule has 0 aromatic carbocycles. The zero-order valence-electron chi connectivity index (χ0n) is 9.16. The molecule has 1 aliphatic rings. The number of aryl methyl sites for hydroxylation is 1. The number of nitrogens with zero attached hydrogens (tertiary/aromatic N) is 1. The minimum absolute atomic E-state index is 0.160. The van der Waals surface area contributed by atoms with Crippen molar-refractivity contribution in [3.63, 3.8) is 0 Å². The van der Waals surface area contributed by atoms with Crippen LogP contribution >= 0.6 is 0 Å². The van der Waals surface area contributed by atoms with Crippen LogP contribution in [0, 0.1) is 6.92 Å². The predicted molar refractivity (Wildman–Crippen MR) is 61.4 cm³/mol. The highest BCUT2D eigenvalue weighted by atomic mass is 16.4. The van der Waals surface area contributed by atoms with Gasteiger partial charge in [0.15, 0.2) is 5.69 Å². The van der Waals surface area contributed by atoms with E-state index in [1.54, 1.807) is 6.92 Å². The normalized spacial score (nSPS) is 15.7. The summed E-state index contributed by atoms with van der Waals surface area (Å²) in [6.07, 6.45) is 2.88. The second kappa shape index (κ2) is 4.45. The number of carbonyl (C=O) groups is 1. The van der Waals surface area contributed by atoms with E-state index in [4.69, 9.17) is 5.11 Å². The third kappa shape index (κ3) is 2.12. The van der Waals surface area contributed by atoms with E-state index in [0.717, 1.165) is 36.3 Å². The van der Waals surface area contributed by atoms with Gasteiger partial charge in [-0.3, -0.25) is 0 Å². The second-order valence-corrected chi connectivity index (χ2v) is 3.84. The lowest BCUT2D eigenvalue weighted by Crippen LogP contribution is -2.21. The van der Waals surface area contributed by atoms with Crippen LogP contribution in [0.5, 0.6) is 0 Å². The van der Waals surface area contributed by atoms with Crippen molar-refractivity contribution in [2.24, 2.45) is 0 Å². The average Bonchev–Trinajstić information content (AvgIpc) is 2.30. The molecule has 1 aromatic rings. The van der Waals surface area contributed by atoms with Crippen molar-refractivity contribution in [1.82, 2.24) is 10.3 Å². The number of carboxylic acid groups (broad SMARTS) is 1. The Morgan fingerprint density at radius 2 is 2.31 bits per heavy atom. The topological polar surface area (TPSA) is 62.2 Å². The molecule has 4 heteroatoms. The summed E-state index contributed by atoms with van der Waals surface area (Å²) in [7, 11) is 0. The van der Waals surface area contributed by atoms with Crippen molar-refractivity contribution in [2.75, 3.05) is 13.1 Å². The largest absolute Gasteiger partial charge is 0.476 e. The summed E-state index contributed by atoms with van der Waals surface area (Å²) in [6.45, 7) is 3.48. The fourth-order valence-electron chi connectivity index (χ4n) is 1.85. The maximum absolute atomic E-state index is 11.1. The Morgan fingerprint density at radius 3 is 2.94 bits per heavy atom. The van der Waals surface area contributed by atoms with E-state index < -0.39 is 5.97 Å². The molecule has 0 unspecified atom stereocenters. The van der Waals surface area contributed by atoms with Crippen LogP contribution in [0.25, 0.3) is 5.57 Å². The molecule has 0 amide bonds. The molecule has 0 fully saturated rings. The van der Waals surface area contributed by atoms with Crippen molar-refractivity contribution in [3.05, 3.63) is 35.2 Å². The molecule has 16 heavy (non-hydrogen) atoms. The van der Waals surface area contributed by atoms with Gasteiger partial charge in [-0.25, -0.2) is 9.78 Å². The molecule has 2 N–H and O–H groups in total. The van der Waals surface area contributed by atoms with Gasteiger partial charge >= 0.3 is 5.97 Å². The Hall–Kier alpha value is -1.68. The van der Waals surface area contributed by atoms with E-state index in [-0.39, 0.29) is 5.69 Å². The number of aromatic nitrogens is 1. The molecule has 1 aliphatic heterocycles. The van der Waals surface area contributed by atoms with Crippen LogP contribution in [0.2, 0.25) is 0 Å². The second-order valence-electron chi connectivity index (χ2n) is 3.84. The molecule has 0 atom stereocenters. The zero-order chi connectivity index (χ0) is 11.5. The Kier molecular flexibility index (Phi) is 3.01. The van der Waals surface area contributed by atoms with Crippen molar-refractivity contribution in [1.29, 1.82) is 0 Å². The van der Waals surface area contributed by atoms with Crippen LogP contribution in [-0.4, -0.2) is 29.1 Å². The number of rotatable bonds is 2. The van der Waals surface area contributed by atoms with Crippen LogP contribution in [0.1, 0.15) is 28.2 Å². The molecule has 0 aliphatic carbocycles. The number of hydrogen-bond acceptors (Lipinski definition) is 3. The molecule has 2 rings (SSSR count). The lowest BCUT2D eigenvalue weighted by molar-refractivity contribution is 0.0690. The van der Waals surface area contributed by atoms with Crippen LogP contribution in [0.3, 0.4) is 0 Å². The van der Waals surface area contributed by atoms with E-state index >= 15 is 0 Å². The standard InChI is InChI=1S/C12H14N2O2/c1-8-2-3-10(11(14-8)12(15)16)9-4-6-13-7-5-9/h2-4,13H,5-7H2,1H3,(H,15,16). The van der Waals surface area contributed by atoms with Crippen LogP contribution in [0.4, 0.5) is 0 Å². The van der Waals surface area contributed by atoms with Gasteiger partial charge < -0.3 is 10.4 Å². The van der Waals surface area contributed by atoms with Crippen LogP contribution in [-0.2, 0) is 0 Å². The first kappa shape index (κ1) is 10.8. The monoisotopic (exact) mass is 218 g/mol. The van der Waals surface area contributed by atoms with Crippen molar-refractivity contribution in [3.8, 4) is 0 Å². The smallest absolute Gasteiger partial charge is 0.355 e. The third-order valence-electron chi connectivity index (χ3n) is 2.65. The van der Waals surface area contributed by atoms with Crippen molar-refractivity contribution in [2.45, 2.75) is 13.3 Å². The molecule has 1 aromatic heterocycles. The summed E-state index contributed by atoms with van der Waals surface area (Å²) in [5, 5.41) is 12.3. The first-order valence-electron chi connectivity index (χ1n) is 5.29. The molecular weight excluding hydrogens is 204 g/mol. The quantitative estimate of drug-likeness (QED) is 0.789. The summed E-state index contributed by atoms with van der Waals surface area (Å²) < 4.78 is 0. The van der Waals surface area contributed by atoms with E-state index in [1.807, 2.05) is 18.2 Å². The third-order valence-corrected chi connectivity index (χ3v) is 2.65. The average molecular weight is 218 g/mol. The van der Waals surface area contributed by atoms with E-state index in [9.17, 15) is 4.79 Å². The summed E-state index contributed by atoms with van der Waals surface area (Å²) in [5.74, 6) is -0.960. The highest BCUT2D eigenvalue weighted by Gasteiger charge is 2.16. The predicted octanol–water partition coefficient (Wildman–Crippen LogP) is 1.46. The molecular formula is C12H14N2O2. The van der Waals surface area contributed by atoms with Gasteiger partial charge in [-0.15, -0.1) is 0 Å². The maximum atomic E-state index is 11.1. The number of hydrogen-bond donors (Lipinski definition) is 2. The van der Waals surface area contributed by atoms with Crippen molar-refractivity contribution >= 4 is 11.5 Å². The lowest BCUT2D eigenvalue weighted by Gasteiger charge is -2.15. The fourth-order valence-corrected chi connectivity index (χ4v) is 1.85. The Bertz CT molecular complexity index is 452. The number of carboxylic acids is 1. The Morgan fingerprint density at radius 1 is 1.50 bits per heavy atom. The van der Waals surface area contributed by atoms with Gasteiger partial charge in [-0.05, 0) is 31.5 Å². The molecule has 0 radical (unpaired) electrons. The summed E-state index contributed by atoms with van der Waals surface area (Å²) >= 11 is 0. The minimum Gasteiger partial charge on any atom is -0.476 e. The van der Waals surface area contributed by atoms with Gasteiger partial charge in [-0.2, -0.15) is 0 Å². The number of pyridine rings is 1. The van der Waals surface area contributed by atoms with Gasteiger partial charge in [0.1, 0.15) is 0 Å². The van der Waals surface area contributed by atoms with Gasteiger partial charge in [0.2, 0.25) is 0 Å². The number of nitrogens with one attached hydrogen (secondary N) is 1. The van der Waals surface area contributed by atoms with E-state index in [0.29, 0.717) is 0 Å². The molecule has 84 valence electrons. The van der Waals surface area contributed by atoms with Gasteiger partial charge in [-0.1, -0.05) is 12.1 Å². The summed E-state index contributed by atoms with van der Waals surface area (Å²) in [4.78, 5) is 15.2. The SMILES string of the molecule is Cc1ccc(C2=CCNCC2)c(C(=O)O)n1. The van der Waals surface area contributed by atoms with Crippen LogP contribution in [0.15, 0.2) is 18.2 Å². The van der Waals surface area contributed by atoms with Gasteiger partial charge in [0.05, 0.1) is 0 Å². The van der Waals surface area contributed by atoms with Crippen molar-refractivity contribution < 1.29 is 9.90 Å². The van der Waals surface area contributed by atoms with E-state index in [2.05, 4.69) is 10.3 Å². The molecule has 0 spiro atoms. The highest BCUT2D eigenvalue weighted by Crippen LogP contribution is 2.22. The zero-order valence-corrected chi connectivity index (χ0v) is 9.16. The van der Waals surface area contributed by atoms with Gasteiger partial charge in [0.25, 0.3) is 0 Å². The molecule has 0 saturated carbocycles. The maximum Gasteiger partial charge on any atom is 0.355 e. The van der Waals surface area contributed by atoms with Gasteiger partial charge in [0, 0.05) is 17.8 Å². The minimum atomic E-state index is -0.960. The first-order valence-corrected chi connectivity index (χ1v) is 5.29. The molecule has 0 saturated heterocycles. The lowest BCUT2D eigenvalue weighted by atomic mass is 9.98. The molecule has 4 nitrogen and oxygen atoms in total. The van der Waals surface area contributed by atoms with E-state index in [1.165, 1.54) is 0 Å².